The number of methoxy groups -OCH3 is 4. The molecule has 2 N–H and O–H groups in total. The van der Waals surface area contributed by atoms with Crippen molar-refractivity contribution in [2.45, 2.75) is 63.9 Å². The van der Waals surface area contributed by atoms with Gasteiger partial charge in [0.1, 0.15) is 0 Å². The van der Waals surface area contributed by atoms with Crippen molar-refractivity contribution in [3.63, 3.8) is 0 Å². The second-order valence-electron chi connectivity index (χ2n) is 11.2. The highest BCUT2D eigenvalue weighted by molar-refractivity contribution is 5.76. The summed E-state index contributed by atoms with van der Waals surface area (Å²) in [7, 11) is 6.35. The average molecular weight is 655 g/mol. The van der Waals surface area contributed by atoms with Crippen molar-refractivity contribution in [2.75, 3.05) is 94.1 Å². The maximum Gasteiger partial charge on any atom is 0.225 e. The summed E-state index contributed by atoms with van der Waals surface area (Å²) in [6.07, 6.45) is -0.345. The van der Waals surface area contributed by atoms with Crippen LogP contribution < -0.4 is 10.6 Å². The summed E-state index contributed by atoms with van der Waals surface area (Å²) in [5.74, 6) is -0.297. The summed E-state index contributed by atoms with van der Waals surface area (Å²) < 4.78 is 45.2. The van der Waals surface area contributed by atoms with Crippen LogP contribution in [-0.4, -0.2) is 141 Å². The van der Waals surface area contributed by atoms with E-state index in [-0.39, 0.29) is 37.2 Å². The lowest BCUT2D eigenvalue weighted by molar-refractivity contribution is -0.153. The second-order valence-corrected chi connectivity index (χ2v) is 11.2. The Morgan fingerprint density at radius 1 is 0.587 bits per heavy atom. The SMILES string of the molecule is COC1CCN(Cc2ccc(CN3CCOC(OC)CC(=O)NCCOC(OC)CC3)cc2)CCOC(OC)CC(=O)NCCO1. The third-order valence-corrected chi connectivity index (χ3v) is 7.83. The number of carbonyl (C=O) groups excluding carboxylic acids is 2. The number of carbonyl (C=O) groups is 2. The van der Waals surface area contributed by atoms with Crippen LogP contribution in [0, 0.1) is 0 Å². The summed E-state index contributed by atoms with van der Waals surface area (Å²) in [5.41, 5.74) is 2.33. The number of benzene rings is 1. The van der Waals surface area contributed by atoms with E-state index in [1.54, 1.807) is 28.4 Å². The van der Waals surface area contributed by atoms with Gasteiger partial charge in [-0.3, -0.25) is 19.4 Å². The summed E-state index contributed by atoms with van der Waals surface area (Å²) >= 11 is 0. The number of nitrogens with one attached hydrogen (secondary N) is 2. The molecule has 2 amide bonds. The predicted octanol–water partition coefficient (Wildman–Crippen LogP) is 1.07. The molecule has 3 rings (SSSR count). The molecule has 2 heterocycles. The molecule has 262 valence electrons. The zero-order valence-electron chi connectivity index (χ0n) is 27.9. The molecular weight excluding hydrogens is 600 g/mol. The van der Waals surface area contributed by atoms with Crippen molar-refractivity contribution in [1.29, 1.82) is 0 Å². The standard InChI is InChI=1S/C32H54N4O10/c1-39-29-9-13-35(15-19-45-31(41-3)21-27(37)33-11-17-43-29)23-25-5-7-26(8-6-25)24-36-14-10-30(40-2)44-18-12-34-28(38)22-32(42-4)46-20-16-36/h5-8,29-32H,9-24H2,1-4H3,(H,33,37)(H,34,38). The number of nitrogens with zero attached hydrogens (tertiary/aromatic N) is 2. The summed E-state index contributed by atoms with van der Waals surface area (Å²) in [5, 5.41) is 5.64. The average Bonchev–Trinajstić information content (AvgIpc) is 3.06. The molecule has 14 heteroatoms. The topological polar surface area (TPSA) is 139 Å². The fourth-order valence-electron chi connectivity index (χ4n) is 5.18. The lowest BCUT2D eigenvalue weighted by Crippen LogP contribution is -2.37. The molecule has 4 unspecified atom stereocenters. The molecule has 2 aliphatic heterocycles. The van der Waals surface area contributed by atoms with Crippen LogP contribution in [0.2, 0.25) is 0 Å². The molecule has 0 radical (unpaired) electrons. The van der Waals surface area contributed by atoms with Crippen molar-refractivity contribution < 1.29 is 47.5 Å². The molecule has 0 aromatic heterocycles. The van der Waals surface area contributed by atoms with Crippen LogP contribution in [0.25, 0.3) is 0 Å². The maximum atomic E-state index is 12.2. The summed E-state index contributed by atoms with van der Waals surface area (Å²) in [6.45, 7) is 6.56. The summed E-state index contributed by atoms with van der Waals surface area (Å²) in [4.78, 5) is 29.0. The van der Waals surface area contributed by atoms with Crippen molar-refractivity contribution in [1.82, 2.24) is 20.4 Å². The number of hydrogen-bond acceptors (Lipinski definition) is 12. The second kappa shape index (κ2) is 22.4. The van der Waals surface area contributed by atoms with Gasteiger partial charge in [-0.05, 0) is 11.1 Å². The highest BCUT2D eigenvalue weighted by Gasteiger charge is 2.19. The minimum atomic E-state index is -0.604. The van der Waals surface area contributed by atoms with Crippen molar-refractivity contribution in [3.8, 4) is 0 Å². The molecule has 14 nitrogen and oxygen atoms in total. The van der Waals surface area contributed by atoms with Gasteiger partial charge >= 0.3 is 0 Å². The molecule has 1 aromatic rings. The first-order valence-corrected chi connectivity index (χ1v) is 16.1. The van der Waals surface area contributed by atoms with Gasteiger partial charge in [-0.1, -0.05) is 24.3 Å². The zero-order valence-corrected chi connectivity index (χ0v) is 27.9. The van der Waals surface area contributed by atoms with Crippen LogP contribution in [-0.2, 0) is 60.6 Å². The van der Waals surface area contributed by atoms with E-state index in [4.69, 9.17) is 37.9 Å². The van der Waals surface area contributed by atoms with Crippen molar-refractivity contribution >= 4 is 11.8 Å². The third kappa shape index (κ3) is 15.1. The molecular formula is C32H54N4O10. The molecule has 2 fully saturated rings. The lowest BCUT2D eigenvalue weighted by Gasteiger charge is -2.27. The molecule has 0 aliphatic carbocycles. The zero-order chi connectivity index (χ0) is 33.0. The number of ether oxygens (including phenoxy) is 8. The van der Waals surface area contributed by atoms with Crippen LogP contribution in [0.1, 0.15) is 36.8 Å². The molecule has 46 heavy (non-hydrogen) atoms. The molecule has 0 bridgehead atoms. The van der Waals surface area contributed by atoms with Crippen LogP contribution >= 0.6 is 0 Å². The molecule has 0 saturated carbocycles. The van der Waals surface area contributed by atoms with Gasteiger partial charge in [-0.25, -0.2) is 0 Å². The van der Waals surface area contributed by atoms with Crippen LogP contribution in [0.5, 0.6) is 0 Å². The first-order chi connectivity index (χ1) is 22.4. The number of amides is 2. The maximum absolute atomic E-state index is 12.2. The van der Waals surface area contributed by atoms with E-state index in [9.17, 15) is 9.59 Å². The van der Waals surface area contributed by atoms with Crippen LogP contribution in [0.15, 0.2) is 24.3 Å². The predicted molar refractivity (Wildman–Crippen MR) is 168 cm³/mol. The third-order valence-electron chi connectivity index (χ3n) is 7.83. The minimum Gasteiger partial charge on any atom is -0.356 e. The molecule has 2 saturated heterocycles. The van der Waals surface area contributed by atoms with Crippen molar-refractivity contribution in [2.24, 2.45) is 0 Å². The quantitative estimate of drug-likeness (QED) is 0.415. The Hall–Kier alpha value is -2.24. The lowest BCUT2D eigenvalue weighted by atomic mass is 10.1. The van der Waals surface area contributed by atoms with E-state index >= 15 is 0 Å². The van der Waals surface area contributed by atoms with Gasteiger partial charge in [0, 0.05) is 93.6 Å². The molecule has 2 aliphatic rings. The number of rotatable bonds is 8. The Kier molecular flexibility index (Phi) is 18.6. The summed E-state index contributed by atoms with van der Waals surface area (Å²) in [6, 6.07) is 8.59. The van der Waals surface area contributed by atoms with Gasteiger partial charge in [0.2, 0.25) is 11.8 Å². The molecule has 1 aromatic carbocycles. The number of hydrogen-bond donors (Lipinski definition) is 2. The van der Waals surface area contributed by atoms with Crippen LogP contribution in [0.3, 0.4) is 0 Å². The van der Waals surface area contributed by atoms with Gasteiger partial charge < -0.3 is 48.5 Å². The van der Waals surface area contributed by atoms with E-state index in [2.05, 4.69) is 44.7 Å². The Balaban J connectivity index is 1.61. The fraction of sp³-hybridized carbons (Fsp3) is 0.750. The van der Waals surface area contributed by atoms with Crippen molar-refractivity contribution in [3.05, 3.63) is 35.4 Å². The van der Waals surface area contributed by atoms with Crippen LogP contribution in [0.4, 0.5) is 0 Å². The Labute approximate surface area is 273 Å². The largest absolute Gasteiger partial charge is 0.356 e. The Morgan fingerprint density at radius 2 is 0.957 bits per heavy atom. The van der Waals surface area contributed by atoms with E-state index in [0.29, 0.717) is 78.5 Å². The minimum absolute atomic E-state index is 0.123. The molecule has 4 atom stereocenters. The van der Waals surface area contributed by atoms with Gasteiger partial charge in [-0.2, -0.15) is 0 Å². The van der Waals surface area contributed by atoms with Gasteiger partial charge in [0.05, 0.1) is 39.3 Å². The fourth-order valence-corrected chi connectivity index (χ4v) is 5.18. The van der Waals surface area contributed by atoms with Gasteiger partial charge in [-0.15, -0.1) is 0 Å². The van der Waals surface area contributed by atoms with Gasteiger partial charge in [0.25, 0.3) is 0 Å². The Morgan fingerprint density at radius 3 is 1.33 bits per heavy atom. The monoisotopic (exact) mass is 654 g/mol. The van der Waals surface area contributed by atoms with E-state index in [1.165, 1.54) is 11.1 Å². The Bertz CT molecular complexity index is 911. The van der Waals surface area contributed by atoms with E-state index < -0.39 is 12.6 Å². The van der Waals surface area contributed by atoms with E-state index in [0.717, 1.165) is 13.1 Å². The van der Waals surface area contributed by atoms with Gasteiger partial charge in [0.15, 0.2) is 25.2 Å². The molecule has 0 spiro atoms. The highest BCUT2D eigenvalue weighted by Crippen LogP contribution is 2.14. The highest BCUT2D eigenvalue weighted by atomic mass is 16.7. The first kappa shape index (κ1) is 38.2. The first-order valence-electron chi connectivity index (χ1n) is 16.1. The smallest absolute Gasteiger partial charge is 0.225 e. The van der Waals surface area contributed by atoms with E-state index in [1.807, 2.05) is 0 Å². The normalized spacial score (nSPS) is 26.8.